The van der Waals surface area contributed by atoms with Crippen LogP contribution in [0.3, 0.4) is 0 Å². The van der Waals surface area contributed by atoms with Gasteiger partial charge in [-0.25, -0.2) is 9.59 Å². The van der Waals surface area contributed by atoms with Gasteiger partial charge in [-0.3, -0.25) is 0 Å². The van der Waals surface area contributed by atoms with E-state index < -0.39 is 18.0 Å². The Balaban J connectivity index is 2.69. The second-order valence-corrected chi connectivity index (χ2v) is 4.14. The summed E-state index contributed by atoms with van der Waals surface area (Å²) in [6.07, 6.45) is -0.171. The molecule has 0 aromatic carbocycles. The van der Waals surface area contributed by atoms with Gasteiger partial charge in [-0.15, -0.1) is 11.3 Å². The average Bonchev–Trinajstić information content (AvgIpc) is 2.63. The van der Waals surface area contributed by atoms with Crippen LogP contribution in [0.5, 0.6) is 0 Å². The zero-order valence-electron chi connectivity index (χ0n) is 8.80. The van der Waals surface area contributed by atoms with Crippen LogP contribution in [0.1, 0.15) is 29.4 Å². The first-order valence-corrected chi connectivity index (χ1v) is 5.71. The minimum atomic E-state index is -1.13. The molecule has 16 heavy (non-hydrogen) atoms. The van der Waals surface area contributed by atoms with Crippen molar-refractivity contribution in [1.29, 1.82) is 0 Å². The van der Waals surface area contributed by atoms with E-state index >= 15 is 0 Å². The first kappa shape index (κ1) is 12.5. The van der Waals surface area contributed by atoms with E-state index in [0.29, 0.717) is 18.5 Å². The molecular weight excluding hydrogens is 230 g/mol. The summed E-state index contributed by atoms with van der Waals surface area (Å²) in [6.45, 7) is 1.82. The highest BCUT2D eigenvalue weighted by atomic mass is 32.1. The third kappa shape index (κ3) is 2.96. The molecule has 0 aliphatic carbocycles. The molecule has 1 aromatic heterocycles. The summed E-state index contributed by atoms with van der Waals surface area (Å²) in [7, 11) is 0. The largest absolute Gasteiger partial charge is 0.479 e. The summed E-state index contributed by atoms with van der Waals surface area (Å²) in [5, 5.41) is 10.5. The number of carboxylic acids is 1. The Kier molecular flexibility index (Phi) is 4.30. The third-order valence-electron chi connectivity index (χ3n) is 1.96. The first-order chi connectivity index (χ1) is 7.56. The fourth-order valence-electron chi connectivity index (χ4n) is 1.16. The van der Waals surface area contributed by atoms with Crippen molar-refractivity contribution in [3.63, 3.8) is 0 Å². The number of hydrogen-bond donors (Lipinski definition) is 2. The Morgan fingerprint density at radius 1 is 1.62 bits per heavy atom. The number of nitrogen functional groups attached to an aromatic ring is 1. The summed E-state index contributed by atoms with van der Waals surface area (Å²) < 4.78 is 4.87. The van der Waals surface area contributed by atoms with Gasteiger partial charge in [0.25, 0.3) is 0 Å². The molecule has 1 rings (SSSR count). The first-order valence-electron chi connectivity index (χ1n) is 4.83. The molecule has 88 valence electrons. The van der Waals surface area contributed by atoms with Gasteiger partial charge in [-0.2, -0.15) is 0 Å². The third-order valence-corrected chi connectivity index (χ3v) is 2.87. The number of carboxylic acid groups (broad SMARTS) is 1. The lowest BCUT2D eigenvalue weighted by Gasteiger charge is -2.12. The van der Waals surface area contributed by atoms with Crippen LogP contribution >= 0.6 is 11.3 Å². The van der Waals surface area contributed by atoms with E-state index in [9.17, 15) is 9.59 Å². The van der Waals surface area contributed by atoms with E-state index in [1.54, 1.807) is 11.4 Å². The van der Waals surface area contributed by atoms with E-state index in [4.69, 9.17) is 15.6 Å². The maximum absolute atomic E-state index is 11.6. The lowest BCUT2D eigenvalue weighted by molar-refractivity contribution is -0.147. The zero-order chi connectivity index (χ0) is 12.1. The summed E-state index contributed by atoms with van der Waals surface area (Å²) in [6, 6.07) is 1.58. The highest BCUT2D eigenvalue weighted by Crippen LogP contribution is 2.20. The van der Waals surface area contributed by atoms with Gasteiger partial charge in [-0.1, -0.05) is 13.3 Å². The molecule has 3 N–H and O–H groups in total. The Hall–Kier alpha value is -1.56. The summed E-state index contributed by atoms with van der Waals surface area (Å²) in [5.74, 6) is -1.81. The van der Waals surface area contributed by atoms with Gasteiger partial charge in [0.1, 0.15) is 4.88 Å². The monoisotopic (exact) mass is 243 g/mol. The van der Waals surface area contributed by atoms with E-state index in [1.807, 2.05) is 6.92 Å². The van der Waals surface area contributed by atoms with Gasteiger partial charge >= 0.3 is 11.9 Å². The molecule has 5 nitrogen and oxygen atoms in total. The Morgan fingerprint density at radius 2 is 2.31 bits per heavy atom. The second kappa shape index (κ2) is 5.50. The smallest absolute Gasteiger partial charge is 0.351 e. The molecule has 1 heterocycles. The van der Waals surface area contributed by atoms with Crippen LogP contribution in [0, 0.1) is 0 Å². The highest BCUT2D eigenvalue weighted by Gasteiger charge is 2.23. The number of esters is 1. The van der Waals surface area contributed by atoms with Crippen LogP contribution in [0.2, 0.25) is 0 Å². The predicted octanol–water partition coefficient (Wildman–Crippen LogP) is 1.74. The molecule has 0 bridgehead atoms. The molecule has 0 saturated carbocycles. The van der Waals surface area contributed by atoms with Crippen LogP contribution in [0.4, 0.5) is 5.69 Å². The molecule has 6 heteroatoms. The predicted molar refractivity (Wildman–Crippen MR) is 60.5 cm³/mol. The lowest BCUT2D eigenvalue weighted by atomic mass is 10.2. The molecule has 0 spiro atoms. The van der Waals surface area contributed by atoms with Crippen molar-refractivity contribution in [2.24, 2.45) is 0 Å². The van der Waals surface area contributed by atoms with E-state index in [2.05, 4.69) is 0 Å². The topological polar surface area (TPSA) is 89.6 Å². The summed E-state index contributed by atoms with van der Waals surface area (Å²) in [5.41, 5.74) is 5.84. The number of carbonyl (C=O) groups is 2. The number of anilines is 1. The lowest BCUT2D eigenvalue weighted by Crippen LogP contribution is -2.26. The number of carbonyl (C=O) groups excluding carboxylic acids is 1. The molecule has 0 fully saturated rings. The van der Waals surface area contributed by atoms with Gasteiger partial charge in [0.15, 0.2) is 6.10 Å². The Morgan fingerprint density at radius 3 is 2.75 bits per heavy atom. The van der Waals surface area contributed by atoms with Crippen molar-refractivity contribution < 1.29 is 19.4 Å². The number of thiophene rings is 1. The van der Waals surface area contributed by atoms with E-state index in [-0.39, 0.29) is 4.88 Å². The van der Waals surface area contributed by atoms with Gasteiger partial charge in [0, 0.05) is 0 Å². The van der Waals surface area contributed by atoms with Crippen LogP contribution in [0.25, 0.3) is 0 Å². The number of ether oxygens (including phenoxy) is 1. The molecule has 0 saturated heterocycles. The molecule has 1 unspecified atom stereocenters. The van der Waals surface area contributed by atoms with Crippen molar-refractivity contribution in [2.45, 2.75) is 25.9 Å². The standard InChI is InChI=1S/C10H13NO4S/c1-2-3-7(9(12)13)15-10(14)8-6(11)4-5-16-8/h4-5,7H,2-3,11H2,1H3,(H,12,13). The minimum absolute atomic E-state index is 0.252. The number of rotatable bonds is 5. The van der Waals surface area contributed by atoms with Gasteiger partial charge < -0.3 is 15.6 Å². The van der Waals surface area contributed by atoms with E-state index in [1.165, 1.54) is 0 Å². The summed E-state index contributed by atoms with van der Waals surface area (Å²) in [4.78, 5) is 22.6. The fourth-order valence-corrected chi connectivity index (χ4v) is 1.86. The van der Waals surface area contributed by atoms with Crippen molar-refractivity contribution in [3.8, 4) is 0 Å². The molecule has 0 amide bonds. The number of hydrogen-bond acceptors (Lipinski definition) is 5. The molecule has 1 aromatic rings. The highest BCUT2D eigenvalue weighted by molar-refractivity contribution is 7.12. The van der Waals surface area contributed by atoms with Gasteiger partial charge in [0.2, 0.25) is 0 Å². The molecule has 0 radical (unpaired) electrons. The fraction of sp³-hybridized carbons (Fsp3) is 0.400. The Bertz CT molecular complexity index is 388. The van der Waals surface area contributed by atoms with Crippen LogP contribution < -0.4 is 5.73 Å². The second-order valence-electron chi connectivity index (χ2n) is 3.23. The molecular formula is C10H13NO4S. The Labute approximate surface area is 96.8 Å². The maximum atomic E-state index is 11.6. The van der Waals surface area contributed by atoms with E-state index in [0.717, 1.165) is 11.3 Å². The molecule has 0 aliphatic rings. The van der Waals surface area contributed by atoms with Crippen LogP contribution in [-0.2, 0) is 9.53 Å². The normalized spacial score (nSPS) is 12.1. The molecule has 0 aliphatic heterocycles. The van der Waals surface area contributed by atoms with Gasteiger partial charge in [-0.05, 0) is 17.9 Å². The zero-order valence-corrected chi connectivity index (χ0v) is 9.62. The van der Waals surface area contributed by atoms with Crippen molar-refractivity contribution >= 4 is 29.0 Å². The minimum Gasteiger partial charge on any atom is -0.479 e. The van der Waals surface area contributed by atoms with Crippen molar-refractivity contribution in [2.75, 3.05) is 5.73 Å². The number of aliphatic carboxylic acids is 1. The maximum Gasteiger partial charge on any atom is 0.351 e. The average molecular weight is 243 g/mol. The molecule has 1 atom stereocenters. The van der Waals surface area contributed by atoms with Gasteiger partial charge in [0.05, 0.1) is 5.69 Å². The summed E-state index contributed by atoms with van der Waals surface area (Å²) >= 11 is 1.14. The number of nitrogens with two attached hydrogens (primary N) is 1. The van der Waals surface area contributed by atoms with Crippen molar-refractivity contribution in [1.82, 2.24) is 0 Å². The van der Waals surface area contributed by atoms with Crippen molar-refractivity contribution in [3.05, 3.63) is 16.3 Å². The van der Waals surface area contributed by atoms with Crippen LogP contribution in [0.15, 0.2) is 11.4 Å². The van der Waals surface area contributed by atoms with Crippen LogP contribution in [-0.4, -0.2) is 23.1 Å². The quantitative estimate of drug-likeness (QED) is 0.769. The SMILES string of the molecule is CCCC(OC(=O)c1sccc1N)C(=O)O.